The molecule has 2 N–H and O–H groups in total. The Morgan fingerprint density at radius 3 is 2.95 bits per heavy atom. The summed E-state index contributed by atoms with van der Waals surface area (Å²) in [6.45, 7) is 2.83. The normalized spacial score (nSPS) is 18.3. The van der Waals surface area contributed by atoms with Crippen molar-refractivity contribution in [2.45, 2.75) is 32.6 Å². The summed E-state index contributed by atoms with van der Waals surface area (Å²) in [7, 11) is 0. The largest absolute Gasteiger partial charge is 0.478 e. The fourth-order valence-corrected chi connectivity index (χ4v) is 2.27. The Bertz CT molecular complexity index is 483. The van der Waals surface area contributed by atoms with Crippen molar-refractivity contribution < 1.29 is 9.90 Å². The molecule has 0 saturated heterocycles. The summed E-state index contributed by atoms with van der Waals surface area (Å²) in [4.78, 5) is 15.5. The second-order valence-electron chi connectivity index (χ2n) is 4.92. The molecule has 1 aromatic rings. The molecule has 0 amide bonds. The molecule has 0 saturated carbocycles. The minimum absolute atomic E-state index is 0.304. The summed E-state index contributed by atoms with van der Waals surface area (Å²) < 4.78 is 0. The van der Waals surface area contributed by atoms with E-state index in [1.165, 1.54) is 6.42 Å². The van der Waals surface area contributed by atoms with Gasteiger partial charge in [0.05, 0.1) is 5.56 Å². The third-order valence-electron chi connectivity index (χ3n) is 3.44. The number of rotatable bonds is 5. The van der Waals surface area contributed by atoms with Gasteiger partial charge in [0.25, 0.3) is 0 Å². The number of hydrogen-bond donors (Lipinski definition) is 2. The molecule has 0 fully saturated rings. The van der Waals surface area contributed by atoms with E-state index in [9.17, 15) is 4.79 Å². The maximum absolute atomic E-state index is 11.1. The maximum Gasteiger partial charge on any atom is 0.335 e. The number of nitrogens with zero attached hydrogens (tertiary/aromatic N) is 1. The van der Waals surface area contributed by atoms with Crippen LogP contribution in [0.1, 0.15) is 42.2 Å². The van der Waals surface area contributed by atoms with Gasteiger partial charge in [-0.15, -0.1) is 0 Å². The Morgan fingerprint density at radius 1 is 1.47 bits per heavy atom. The molecule has 4 nitrogen and oxygen atoms in total. The lowest BCUT2D eigenvalue weighted by atomic mass is 9.94. The van der Waals surface area contributed by atoms with Crippen LogP contribution in [0, 0.1) is 5.92 Å². The van der Waals surface area contributed by atoms with Crippen molar-refractivity contribution in [3.8, 4) is 0 Å². The van der Waals surface area contributed by atoms with Crippen LogP contribution in [-0.4, -0.2) is 22.6 Å². The van der Waals surface area contributed by atoms with Gasteiger partial charge in [-0.05, 0) is 43.7 Å². The van der Waals surface area contributed by atoms with Crippen LogP contribution < -0.4 is 5.32 Å². The Hall–Kier alpha value is -1.84. The molecule has 1 aromatic heterocycles. The van der Waals surface area contributed by atoms with Crippen molar-refractivity contribution in [2.24, 2.45) is 5.92 Å². The van der Waals surface area contributed by atoms with Crippen LogP contribution in [0.2, 0.25) is 0 Å². The van der Waals surface area contributed by atoms with Crippen LogP contribution in [0.5, 0.6) is 0 Å². The first-order chi connectivity index (χ1) is 9.19. The first-order valence-corrected chi connectivity index (χ1v) is 6.82. The zero-order chi connectivity index (χ0) is 13.7. The van der Waals surface area contributed by atoms with E-state index in [4.69, 9.17) is 5.11 Å². The zero-order valence-corrected chi connectivity index (χ0v) is 11.2. The molecule has 1 atom stereocenters. The number of aryl methyl sites for hydroxylation is 1. The van der Waals surface area contributed by atoms with Gasteiger partial charge in [0, 0.05) is 12.2 Å². The van der Waals surface area contributed by atoms with Crippen LogP contribution in [0.3, 0.4) is 0 Å². The number of hydrogen-bond acceptors (Lipinski definition) is 3. The number of aromatic nitrogens is 1. The number of allylic oxidation sites excluding steroid dienone is 2. The molecule has 1 aliphatic rings. The molecule has 0 aliphatic heterocycles. The summed E-state index contributed by atoms with van der Waals surface area (Å²) in [6.07, 6.45) is 8.58. The molecule has 19 heavy (non-hydrogen) atoms. The Morgan fingerprint density at radius 2 is 2.32 bits per heavy atom. The highest BCUT2D eigenvalue weighted by Crippen LogP contribution is 2.19. The van der Waals surface area contributed by atoms with Crippen molar-refractivity contribution in [3.63, 3.8) is 0 Å². The summed E-state index contributed by atoms with van der Waals surface area (Å²) in [5.41, 5.74) is 1.11. The van der Waals surface area contributed by atoms with Crippen molar-refractivity contribution in [3.05, 3.63) is 35.5 Å². The predicted octanol–water partition coefficient (Wildman–Crippen LogP) is 3.11. The van der Waals surface area contributed by atoms with Crippen molar-refractivity contribution in [1.82, 2.24) is 4.98 Å². The van der Waals surface area contributed by atoms with Gasteiger partial charge in [-0.3, -0.25) is 0 Å². The lowest BCUT2D eigenvalue weighted by molar-refractivity contribution is 0.0696. The molecule has 1 aliphatic carbocycles. The van der Waals surface area contributed by atoms with Crippen LogP contribution in [0.15, 0.2) is 24.3 Å². The monoisotopic (exact) mass is 260 g/mol. The number of carboxylic acid groups (broad SMARTS) is 1. The molecule has 2 rings (SSSR count). The van der Waals surface area contributed by atoms with E-state index in [-0.39, 0.29) is 0 Å². The van der Waals surface area contributed by atoms with E-state index in [2.05, 4.69) is 22.5 Å². The lowest BCUT2D eigenvalue weighted by Crippen LogP contribution is -2.16. The summed E-state index contributed by atoms with van der Waals surface area (Å²) in [5.74, 6) is 0.386. The first kappa shape index (κ1) is 13.6. The Labute approximate surface area is 113 Å². The van der Waals surface area contributed by atoms with E-state index in [1.807, 2.05) is 6.92 Å². The van der Waals surface area contributed by atoms with E-state index >= 15 is 0 Å². The van der Waals surface area contributed by atoms with Gasteiger partial charge < -0.3 is 10.4 Å². The molecule has 0 aromatic carbocycles. The van der Waals surface area contributed by atoms with Gasteiger partial charge in [-0.25, -0.2) is 9.78 Å². The van der Waals surface area contributed by atoms with Crippen LogP contribution in [0.25, 0.3) is 0 Å². The van der Waals surface area contributed by atoms with Gasteiger partial charge in [0.2, 0.25) is 0 Å². The number of pyridine rings is 1. The molecular weight excluding hydrogens is 240 g/mol. The Kier molecular flexibility index (Phi) is 4.55. The van der Waals surface area contributed by atoms with Crippen LogP contribution in [-0.2, 0) is 6.42 Å². The van der Waals surface area contributed by atoms with E-state index < -0.39 is 5.97 Å². The minimum Gasteiger partial charge on any atom is -0.478 e. The van der Waals surface area contributed by atoms with Crippen molar-refractivity contribution in [1.29, 1.82) is 0 Å². The third-order valence-corrected chi connectivity index (χ3v) is 3.44. The minimum atomic E-state index is -0.902. The average Bonchev–Trinajstić information content (AvgIpc) is 2.45. The summed E-state index contributed by atoms with van der Waals surface area (Å²) in [5, 5.41) is 12.4. The number of aromatic carboxylic acids is 1. The van der Waals surface area contributed by atoms with Crippen molar-refractivity contribution in [2.75, 3.05) is 11.9 Å². The predicted molar refractivity (Wildman–Crippen MR) is 75.5 cm³/mol. The second-order valence-corrected chi connectivity index (χ2v) is 4.92. The fraction of sp³-hybridized carbons (Fsp3) is 0.467. The van der Waals surface area contributed by atoms with Gasteiger partial charge in [-0.1, -0.05) is 19.1 Å². The third kappa shape index (κ3) is 3.81. The number of carbonyl (C=O) groups is 1. The number of carboxylic acids is 1. The topological polar surface area (TPSA) is 62.2 Å². The molecule has 0 spiro atoms. The van der Waals surface area contributed by atoms with Crippen molar-refractivity contribution >= 4 is 11.8 Å². The van der Waals surface area contributed by atoms with E-state index in [0.29, 0.717) is 17.3 Å². The van der Waals surface area contributed by atoms with Gasteiger partial charge in [0.15, 0.2) is 0 Å². The average molecular weight is 260 g/mol. The highest BCUT2D eigenvalue weighted by Gasteiger charge is 2.11. The van der Waals surface area contributed by atoms with Gasteiger partial charge in [0.1, 0.15) is 5.82 Å². The molecule has 0 bridgehead atoms. The quantitative estimate of drug-likeness (QED) is 0.798. The molecule has 102 valence electrons. The number of nitrogens with one attached hydrogen (secondary N) is 1. The Balaban J connectivity index is 2.04. The first-order valence-electron chi connectivity index (χ1n) is 6.82. The zero-order valence-electron chi connectivity index (χ0n) is 11.2. The highest BCUT2D eigenvalue weighted by atomic mass is 16.4. The standard InChI is InChI=1S/C15H20N2O2/c1-2-13-8-12(15(18)19)9-14(17-13)16-10-11-6-4-3-5-7-11/h3-4,8-9,11H,2,5-7,10H2,1H3,(H,16,17)(H,18,19). The highest BCUT2D eigenvalue weighted by molar-refractivity contribution is 5.88. The van der Waals surface area contributed by atoms with Gasteiger partial charge in [-0.2, -0.15) is 0 Å². The summed E-state index contributed by atoms with van der Waals surface area (Å²) in [6, 6.07) is 3.25. The van der Waals surface area contributed by atoms with E-state index in [0.717, 1.165) is 31.5 Å². The van der Waals surface area contributed by atoms with Crippen LogP contribution in [0.4, 0.5) is 5.82 Å². The fourth-order valence-electron chi connectivity index (χ4n) is 2.27. The molecular formula is C15H20N2O2. The maximum atomic E-state index is 11.1. The van der Waals surface area contributed by atoms with Gasteiger partial charge >= 0.3 is 5.97 Å². The van der Waals surface area contributed by atoms with E-state index in [1.54, 1.807) is 12.1 Å². The lowest BCUT2D eigenvalue weighted by Gasteiger charge is -2.18. The number of anilines is 1. The molecule has 4 heteroatoms. The molecule has 1 heterocycles. The second kappa shape index (κ2) is 6.36. The summed E-state index contributed by atoms with van der Waals surface area (Å²) >= 11 is 0. The SMILES string of the molecule is CCc1cc(C(=O)O)cc(NCC2CC=CCC2)n1. The van der Waals surface area contributed by atoms with Crippen LogP contribution >= 0.6 is 0 Å². The molecule has 1 unspecified atom stereocenters. The smallest absolute Gasteiger partial charge is 0.335 e. The molecule has 0 radical (unpaired) electrons.